The molecule has 0 aliphatic heterocycles. The molecule has 0 radical (unpaired) electrons. The minimum atomic E-state index is 0.762. The summed E-state index contributed by atoms with van der Waals surface area (Å²) in [7, 11) is 3.98. The van der Waals surface area contributed by atoms with Crippen molar-refractivity contribution >= 4 is 11.6 Å². The molecular weight excluding hydrogens is 260 g/mol. The molecule has 102 valence electrons. The van der Waals surface area contributed by atoms with E-state index < -0.39 is 0 Å². The Kier molecular flexibility index (Phi) is 5.02. The van der Waals surface area contributed by atoms with Gasteiger partial charge in [0.2, 0.25) is 0 Å². The van der Waals surface area contributed by atoms with Crippen molar-refractivity contribution < 1.29 is 4.42 Å². The van der Waals surface area contributed by atoms with Gasteiger partial charge in [0, 0.05) is 11.6 Å². The number of rotatable bonds is 6. The van der Waals surface area contributed by atoms with Gasteiger partial charge in [-0.2, -0.15) is 0 Å². The van der Waals surface area contributed by atoms with Crippen LogP contribution in [0.1, 0.15) is 17.1 Å². The van der Waals surface area contributed by atoms with E-state index >= 15 is 0 Å². The summed E-state index contributed by atoms with van der Waals surface area (Å²) >= 11 is 5.98. The van der Waals surface area contributed by atoms with Crippen LogP contribution < -0.4 is 5.32 Å². The Morgan fingerprint density at radius 1 is 1.16 bits per heavy atom. The molecule has 0 spiro atoms. The number of nitrogens with one attached hydrogen (secondary N) is 1. The molecule has 19 heavy (non-hydrogen) atoms. The van der Waals surface area contributed by atoms with Gasteiger partial charge >= 0.3 is 0 Å². The molecule has 2 aromatic rings. The first-order chi connectivity index (χ1) is 9.17. The Morgan fingerprint density at radius 2 is 1.95 bits per heavy atom. The van der Waals surface area contributed by atoms with Crippen molar-refractivity contribution in [2.45, 2.75) is 19.6 Å². The Labute approximate surface area is 119 Å². The lowest BCUT2D eigenvalue weighted by Gasteiger charge is -2.15. The monoisotopic (exact) mass is 278 g/mol. The zero-order chi connectivity index (χ0) is 13.7. The normalized spacial score (nSPS) is 11.2. The maximum absolute atomic E-state index is 5.98. The van der Waals surface area contributed by atoms with Gasteiger partial charge in [-0.1, -0.05) is 23.7 Å². The van der Waals surface area contributed by atoms with Gasteiger partial charge in [0.05, 0.1) is 13.1 Å². The third-order valence-corrected chi connectivity index (χ3v) is 3.07. The molecule has 1 aromatic carbocycles. The molecule has 1 N–H and O–H groups in total. The van der Waals surface area contributed by atoms with Crippen LogP contribution in [0.25, 0.3) is 0 Å². The lowest BCUT2D eigenvalue weighted by atomic mass is 10.2. The summed E-state index contributed by atoms with van der Waals surface area (Å²) in [6.45, 7) is 2.40. The van der Waals surface area contributed by atoms with Gasteiger partial charge < -0.3 is 9.73 Å². The van der Waals surface area contributed by atoms with E-state index in [1.54, 1.807) is 0 Å². The van der Waals surface area contributed by atoms with E-state index in [1.807, 2.05) is 37.4 Å². The van der Waals surface area contributed by atoms with Gasteiger partial charge in [-0.15, -0.1) is 0 Å². The molecule has 0 amide bonds. The predicted octanol–water partition coefficient (Wildman–Crippen LogP) is 3.28. The highest BCUT2D eigenvalue weighted by molar-refractivity contribution is 6.30. The molecule has 0 atom stereocenters. The highest BCUT2D eigenvalue weighted by Gasteiger charge is 2.06. The Bertz CT molecular complexity index is 524. The third-order valence-electron chi connectivity index (χ3n) is 2.84. The minimum absolute atomic E-state index is 0.762. The van der Waals surface area contributed by atoms with Crippen LogP contribution in [0.4, 0.5) is 0 Å². The number of halogens is 1. The second kappa shape index (κ2) is 6.75. The summed E-state index contributed by atoms with van der Waals surface area (Å²) in [6, 6.07) is 12.0. The molecule has 1 heterocycles. The van der Waals surface area contributed by atoms with Crippen LogP contribution in [-0.2, 0) is 19.6 Å². The van der Waals surface area contributed by atoms with Gasteiger partial charge in [-0.05, 0) is 43.9 Å². The molecule has 2 rings (SSSR count). The van der Waals surface area contributed by atoms with E-state index in [0.717, 1.165) is 36.2 Å². The van der Waals surface area contributed by atoms with Gasteiger partial charge in [0.1, 0.15) is 11.5 Å². The topological polar surface area (TPSA) is 28.4 Å². The van der Waals surface area contributed by atoms with Crippen molar-refractivity contribution in [2.24, 2.45) is 0 Å². The van der Waals surface area contributed by atoms with Crippen LogP contribution in [0.5, 0.6) is 0 Å². The quantitative estimate of drug-likeness (QED) is 0.879. The summed E-state index contributed by atoms with van der Waals surface area (Å²) < 4.78 is 5.73. The smallest absolute Gasteiger partial charge is 0.118 e. The summed E-state index contributed by atoms with van der Waals surface area (Å²) in [5.74, 6) is 1.95. The molecule has 0 saturated heterocycles. The maximum Gasteiger partial charge on any atom is 0.118 e. The van der Waals surface area contributed by atoms with Crippen LogP contribution in [0.15, 0.2) is 40.8 Å². The highest BCUT2D eigenvalue weighted by Crippen LogP contribution is 2.14. The Morgan fingerprint density at radius 3 is 2.68 bits per heavy atom. The average Bonchev–Trinajstić information content (AvgIpc) is 2.77. The fourth-order valence-electron chi connectivity index (χ4n) is 2.05. The van der Waals surface area contributed by atoms with Crippen LogP contribution in [0, 0.1) is 0 Å². The number of hydrogen-bond acceptors (Lipinski definition) is 3. The van der Waals surface area contributed by atoms with Crippen molar-refractivity contribution in [1.82, 2.24) is 10.2 Å². The number of hydrogen-bond donors (Lipinski definition) is 1. The van der Waals surface area contributed by atoms with E-state index in [2.05, 4.69) is 23.3 Å². The summed E-state index contributed by atoms with van der Waals surface area (Å²) in [5, 5.41) is 3.85. The second-order valence-corrected chi connectivity index (χ2v) is 5.14. The molecule has 1 aromatic heterocycles. The van der Waals surface area contributed by atoms with Gasteiger partial charge in [-0.3, -0.25) is 4.90 Å². The van der Waals surface area contributed by atoms with E-state index in [4.69, 9.17) is 16.0 Å². The van der Waals surface area contributed by atoms with Gasteiger partial charge in [-0.25, -0.2) is 0 Å². The fourth-order valence-corrected chi connectivity index (χ4v) is 2.26. The van der Waals surface area contributed by atoms with Crippen molar-refractivity contribution in [3.8, 4) is 0 Å². The van der Waals surface area contributed by atoms with Crippen molar-refractivity contribution in [3.63, 3.8) is 0 Å². The zero-order valence-corrected chi connectivity index (χ0v) is 12.1. The Balaban J connectivity index is 1.91. The number of benzene rings is 1. The maximum atomic E-state index is 5.98. The number of furan rings is 1. The standard InChI is InChI=1S/C15H19ClN2O/c1-17-9-14-6-7-15(19-14)11-18(2)10-12-4-3-5-13(16)8-12/h3-8,17H,9-11H2,1-2H3. The van der Waals surface area contributed by atoms with E-state index in [0.29, 0.717) is 0 Å². The SMILES string of the molecule is CNCc1ccc(CN(C)Cc2cccc(Cl)c2)o1. The molecule has 0 saturated carbocycles. The van der Waals surface area contributed by atoms with Crippen LogP contribution >= 0.6 is 11.6 Å². The average molecular weight is 279 g/mol. The summed E-state index contributed by atoms with van der Waals surface area (Å²) in [5.41, 5.74) is 1.21. The van der Waals surface area contributed by atoms with Crippen molar-refractivity contribution in [2.75, 3.05) is 14.1 Å². The lowest BCUT2D eigenvalue weighted by molar-refractivity contribution is 0.283. The van der Waals surface area contributed by atoms with Gasteiger partial charge in [0.25, 0.3) is 0 Å². The summed E-state index contributed by atoms with van der Waals surface area (Å²) in [4.78, 5) is 2.20. The van der Waals surface area contributed by atoms with Crippen LogP contribution in [0.2, 0.25) is 5.02 Å². The molecule has 0 bridgehead atoms. The third kappa shape index (κ3) is 4.39. The molecule has 4 heteroatoms. The Hall–Kier alpha value is -1.29. The van der Waals surface area contributed by atoms with E-state index in [-0.39, 0.29) is 0 Å². The molecular formula is C15H19ClN2O. The second-order valence-electron chi connectivity index (χ2n) is 4.70. The van der Waals surface area contributed by atoms with E-state index in [9.17, 15) is 0 Å². The molecule has 0 unspecified atom stereocenters. The minimum Gasteiger partial charge on any atom is -0.463 e. The molecule has 0 fully saturated rings. The first kappa shape index (κ1) is 14.1. The molecule has 0 aliphatic rings. The van der Waals surface area contributed by atoms with Crippen molar-refractivity contribution in [1.29, 1.82) is 0 Å². The fraction of sp³-hybridized carbons (Fsp3) is 0.333. The first-order valence-corrected chi connectivity index (χ1v) is 6.70. The first-order valence-electron chi connectivity index (χ1n) is 6.32. The molecule has 3 nitrogen and oxygen atoms in total. The van der Waals surface area contributed by atoms with Crippen LogP contribution in [-0.4, -0.2) is 19.0 Å². The van der Waals surface area contributed by atoms with E-state index in [1.165, 1.54) is 5.56 Å². The van der Waals surface area contributed by atoms with Crippen LogP contribution in [0.3, 0.4) is 0 Å². The molecule has 0 aliphatic carbocycles. The predicted molar refractivity (Wildman–Crippen MR) is 78.1 cm³/mol. The highest BCUT2D eigenvalue weighted by atomic mass is 35.5. The summed E-state index contributed by atoms with van der Waals surface area (Å²) in [6.07, 6.45) is 0. The van der Waals surface area contributed by atoms with Crippen molar-refractivity contribution in [3.05, 3.63) is 58.5 Å². The number of nitrogens with zero attached hydrogens (tertiary/aromatic N) is 1. The van der Waals surface area contributed by atoms with Gasteiger partial charge in [0.15, 0.2) is 0 Å². The zero-order valence-electron chi connectivity index (χ0n) is 11.3. The lowest BCUT2D eigenvalue weighted by Crippen LogP contribution is -2.16. The largest absolute Gasteiger partial charge is 0.463 e.